The topological polar surface area (TPSA) is 67.9 Å². The third kappa shape index (κ3) is 6.02. The average Bonchev–Trinajstić information content (AvgIpc) is 2.80. The summed E-state index contributed by atoms with van der Waals surface area (Å²) < 4.78 is 11.4. The summed E-state index contributed by atoms with van der Waals surface area (Å²) in [6, 6.07) is 15.1. The molecule has 0 spiro atoms. The van der Waals surface area contributed by atoms with E-state index in [1.807, 2.05) is 48.2 Å². The van der Waals surface area contributed by atoms with Crippen LogP contribution in [0.4, 0.5) is 0 Å². The summed E-state index contributed by atoms with van der Waals surface area (Å²) in [5.74, 6) is 1.72. The molecule has 3 rings (SSSR count). The van der Waals surface area contributed by atoms with Crippen LogP contribution in [0.15, 0.2) is 48.5 Å². The molecule has 2 aromatic rings. The van der Waals surface area contributed by atoms with Crippen molar-refractivity contribution in [3.8, 4) is 11.5 Å². The molecule has 6 heteroatoms. The molecule has 2 aromatic carbocycles. The molecule has 1 aliphatic heterocycles. The lowest BCUT2D eigenvalue weighted by molar-refractivity contribution is -0.128. The second kappa shape index (κ2) is 11.0. The highest BCUT2D eigenvalue weighted by Crippen LogP contribution is 2.27. The number of carbonyl (C=O) groups excluding carboxylic acids is 2. The Balaban J connectivity index is 1.49. The number of benzene rings is 2. The van der Waals surface area contributed by atoms with E-state index in [9.17, 15) is 9.59 Å². The van der Waals surface area contributed by atoms with E-state index in [1.54, 1.807) is 19.1 Å². The molecule has 1 fully saturated rings. The molecule has 1 atom stereocenters. The Bertz CT molecular complexity index is 902. The smallest absolute Gasteiger partial charge is 0.260 e. The summed E-state index contributed by atoms with van der Waals surface area (Å²) in [5.41, 5.74) is 1.75. The third-order valence-corrected chi connectivity index (χ3v) is 5.75. The second-order valence-corrected chi connectivity index (χ2v) is 8.49. The van der Waals surface area contributed by atoms with Gasteiger partial charge in [0, 0.05) is 24.7 Å². The van der Waals surface area contributed by atoms with Crippen LogP contribution in [0.3, 0.4) is 0 Å². The van der Waals surface area contributed by atoms with Gasteiger partial charge in [-0.15, -0.1) is 0 Å². The minimum absolute atomic E-state index is 0.0137. The first kappa shape index (κ1) is 23.6. The minimum Gasteiger partial charge on any atom is -0.494 e. The van der Waals surface area contributed by atoms with Gasteiger partial charge in [-0.25, -0.2) is 0 Å². The summed E-state index contributed by atoms with van der Waals surface area (Å²) in [7, 11) is 0. The Labute approximate surface area is 190 Å². The van der Waals surface area contributed by atoms with Gasteiger partial charge in [-0.1, -0.05) is 32.0 Å². The fourth-order valence-corrected chi connectivity index (χ4v) is 3.90. The van der Waals surface area contributed by atoms with Gasteiger partial charge in [0.1, 0.15) is 11.5 Å². The Hall–Kier alpha value is -3.02. The van der Waals surface area contributed by atoms with Crippen molar-refractivity contribution in [1.29, 1.82) is 0 Å². The van der Waals surface area contributed by atoms with Gasteiger partial charge in [0.15, 0.2) is 6.10 Å². The van der Waals surface area contributed by atoms with Crippen LogP contribution in [0, 0.1) is 0 Å². The third-order valence-electron chi connectivity index (χ3n) is 5.75. The van der Waals surface area contributed by atoms with Crippen molar-refractivity contribution in [3.05, 3.63) is 59.7 Å². The highest BCUT2D eigenvalue weighted by atomic mass is 16.5. The fraction of sp³-hybridized carbons (Fsp3) is 0.462. The molecule has 0 bridgehead atoms. The number of para-hydroxylation sites is 1. The van der Waals surface area contributed by atoms with Gasteiger partial charge in [0.25, 0.3) is 11.8 Å². The zero-order valence-electron chi connectivity index (χ0n) is 19.5. The average molecular weight is 439 g/mol. The normalized spacial score (nSPS) is 15.3. The maximum atomic E-state index is 12.8. The van der Waals surface area contributed by atoms with E-state index in [4.69, 9.17) is 9.47 Å². The van der Waals surface area contributed by atoms with Crippen molar-refractivity contribution in [1.82, 2.24) is 10.2 Å². The van der Waals surface area contributed by atoms with E-state index in [0.29, 0.717) is 31.2 Å². The molecular formula is C26H34N2O4. The van der Waals surface area contributed by atoms with Crippen LogP contribution in [-0.2, 0) is 4.79 Å². The van der Waals surface area contributed by atoms with E-state index in [1.165, 1.54) is 0 Å². The molecule has 0 aromatic heterocycles. The summed E-state index contributed by atoms with van der Waals surface area (Å²) in [4.78, 5) is 27.3. The van der Waals surface area contributed by atoms with Gasteiger partial charge in [0.2, 0.25) is 0 Å². The quantitative estimate of drug-likeness (QED) is 0.663. The summed E-state index contributed by atoms with van der Waals surface area (Å²) in [6.45, 7) is 9.74. The number of hydrogen-bond acceptors (Lipinski definition) is 4. The molecule has 0 aliphatic carbocycles. The lowest BCUT2D eigenvalue weighted by Crippen LogP contribution is -2.49. The van der Waals surface area contributed by atoms with Crippen LogP contribution in [0.25, 0.3) is 0 Å². The van der Waals surface area contributed by atoms with Gasteiger partial charge >= 0.3 is 0 Å². The number of piperidine rings is 1. The fourth-order valence-electron chi connectivity index (χ4n) is 3.90. The Morgan fingerprint density at radius 1 is 1.03 bits per heavy atom. The number of likely N-dealkylation sites (tertiary alicyclic amines) is 1. The number of amides is 2. The molecule has 2 amide bonds. The molecule has 0 saturated carbocycles. The van der Waals surface area contributed by atoms with Crippen molar-refractivity contribution in [2.24, 2.45) is 0 Å². The van der Waals surface area contributed by atoms with Crippen molar-refractivity contribution < 1.29 is 19.1 Å². The minimum atomic E-state index is -0.585. The number of nitrogens with zero attached hydrogens (tertiary/aromatic N) is 1. The monoisotopic (exact) mass is 438 g/mol. The number of rotatable bonds is 8. The number of ether oxygens (including phenoxy) is 2. The summed E-state index contributed by atoms with van der Waals surface area (Å²) in [5, 5.41) is 3.09. The van der Waals surface area contributed by atoms with E-state index in [-0.39, 0.29) is 17.9 Å². The summed E-state index contributed by atoms with van der Waals surface area (Å²) in [6.07, 6.45) is 0.867. The van der Waals surface area contributed by atoms with Crippen molar-refractivity contribution >= 4 is 11.8 Å². The van der Waals surface area contributed by atoms with Crippen molar-refractivity contribution in [3.63, 3.8) is 0 Å². The highest BCUT2D eigenvalue weighted by Gasteiger charge is 2.26. The number of carbonyl (C=O) groups is 2. The Morgan fingerprint density at radius 2 is 1.69 bits per heavy atom. The van der Waals surface area contributed by atoms with Crippen LogP contribution in [0.5, 0.6) is 11.5 Å². The lowest BCUT2D eigenvalue weighted by Gasteiger charge is -2.33. The molecule has 172 valence electrons. The maximum absolute atomic E-state index is 12.8. The molecule has 0 radical (unpaired) electrons. The standard InChI is InChI=1S/C26H34N2O4/c1-5-31-22-12-10-20(11-13-22)26(30)28-16-14-21(15-17-28)27-25(29)19(4)32-24-9-7-6-8-23(24)18(2)3/h6-13,18-19,21H,5,14-17H2,1-4H3,(H,27,29). The van der Waals surface area contributed by atoms with E-state index in [0.717, 1.165) is 29.9 Å². The van der Waals surface area contributed by atoms with Crippen LogP contribution < -0.4 is 14.8 Å². The number of hydrogen-bond donors (Lipinski definition) is 1. The first-order valence-corrected chi connectivity index (χ1v) is 11.5. The van der Waals surface area contributed by atoms with Crippen LogP contribution in [-0.4, -0.2) is 48.6 Å². The maximum Gasteiger partial charge on any atom is 0.260 e. The molecule has 1 aliphatic rings. The van der Waals surface area contributed by atoms with Crippen molar-refractivity contribution in [2.45, 2.75) is 58.6 Å². The van der Waals surface area contributed by atoms with Gasteiger partial charge in [0.05, 0.1) is 6.61 Å². The molecule has 1 heterocycles. The van der Waals surface area contributed by atoms with Crippen LogP contribution in [0.1, 0.15) is 62.4 Å². The van der Waals surface area contributed by atoms with Crippen LogP contribution >= 0.6 is 0 Å². The van der Waals surface area contributed by atoms with E-state index < -0.39 is 6.10 Å². The zero-order valence-corrected chi connectivity index (χ0v) is 19.5. The van der Waals surface area contributed by atoms with Gasteiger partial charge in [-0.05, 0) is 68.5 Å². The van der Waals surface area contributed by atoms with E-state index >= 15 is 0 Å². The number of nitrogens with one attached hydrogen (secondary N) is 1. The largest absolute Gasteiger partial charge is 0.494 e. The predicted molar refractivity (Wildman–Crippen MR) is 125 cm³/mol. The molecule has 6 nitrogen and oxygen atoms in total. The second-order valence-electron chi connectivity index (χ2n) is 8.49. The molecule has 1 N–H and O–H groups in total. The molecular weight excluding hydrogens is 404 g/mol. The van der Waals surface area contributed by atoms with Gasteiger partial charge in [-0.2, -0.15) is 0 Å². The first-order valence-electron chi connectivity index (χ1n) is 11.5. The highest BCUT2D eigenvalue weighted by molar-refractivity contribution is 5.94. The van der Waals surface area contributed by atoms with E-state index in [2.05, 4.69) is 19.2 Å². The zero-order chi connectivity index (χ0) is 23.1. The molecule has 32 heavy (non-hydrogen) atoms. The Morgan fingerprint density at radius 3 is 2.31 bits per heavy atom. The lowest BCUT2D eigenvalue weighted by atomic mass is 10.0. The van der Waals surface area contributed by atoms with Gasteiger partial charge < -0.3 is 19.7 Å². The van der Waals surface area contributed by atoms with Gasteiger partial charge in [-0.3, -0.25) is 9.59 Å². The van der Waals surface area contributed by atoms with Crippen LogP contribution in [0.2, 0.25) is 0 Å². The summed E-state index contributed by atoms with van der Waals surface area (Å²) >= 11 is 0. The van der Waals surface area contributed by atoms with Crippen molar-refractivity contribution in [2.75, 3.05) is 19.7 Å². The molecule has 1 unspecified atom stereocenters. The Kier molecular flexibility index (Phi) is 8.14. The first-order chi connectivity index (χ1) is 15.4. The SMILES string of the molecule is CCOc1ccc(C(=O)N2CCC(NC(=O)C(C)Oc3ccccc3C(C)C)CC2)cc1. The molecule has 1 saturated heterocycles. The predicted octanol–water partition coefficient (Wildman–Crippen LogP) is 4.40.